The molecule has 2 N–H and O–H groups in total. The van der Waals surface area contributed by atoms with E-state index in [1.165, 1.54) is 0 Å². The van der Waals surface area contributed by atoms with Crippen LogP contribution >= 0.6 is 0 Å². The average Bonchev–Trinajstić information content (AvgIpc) is 3.00. The molecule has 0 saturated heterocycles. The molecule has 5 heteroatoms. The number of oxazole rings is 1. The van der Waals surface area contributed by atoms with E-state index in [2.05, 4.69) is 27.5 Å². The van der Waals surface area contributed by atoms with E-state index in [-0.39, 0.29) is 0 Å². The van der Waals surface area contributed by atoms with Crippen molar-refractivity contribution in [2.75, 3.05) is 13.1 Å². The second-order valence-corrected chi connectivity index (χ2v) is 4.63. The zero-order chi connectivity index (χ0) is 14.9. The molecular formula is C16H22N4O. The first kappa shape index (κ1) is 15.1. The van der Waals surface area contributed by atoms with Crippen LogP contribution < -0.4 is 10.6 Å². The van der Waals surface area contributed by atoms with Crippen LogP contribution in [0, 0.1) is 0 Å². The molecule has 1 aromatic carbocycles. The molecule has 0 unspecified atom stereocenters. The molecule has 1 aromatic heterocycles. The van der Waals surface area contributed by atoms with Gasteiger partial charge in [-0.05, 0) is 25.5 Å². The van der Waals surface area contributed by atoms with Gasteiger partial charge in [0.2, 0.25) is 5.89 Å². The van der Waals surface area contributed by atoms with E-state index >= 15 is 0 Å². The van der Waals surface area contributed by atoms with Crippen molar-refractivity contribution < 1.29 is 4.42 Å². The summed E-state index contributed by atoms with van der Waals surface area (Å²) in [6.45, 7) is 6.41. The Morgan fingerprint density at radius 1 is 1.19 bits per heavy atom. The first-order valence-corrected chi connectivity index (χ1v) is 7.35. The lowest BCUT2D eigenvalue weighted by Crippen LogP contribution is -2.37. The van der Waals surface area contributed by atoms with Crippen LogP contribution in [0.3, 0.4) is 0 Å². The van der Waals surface area contributed by atoms with Crippen molar-refractivity contribution in [1.29, 1.82) is 0 Å². The molecule has 112 valence electrons. The summed E-state index contributed by atoms with van der Waals surface area (Å²) in [7, 11) is 0. The SMILES string of the molecule is CCCNC(=NCc1coc(-c2ccccc2)n1)NCC. The number of rotatable bonds is 6. The first-order chi connectivity index (χ1) is 10.3. The Hall–Kier alpha value is -2.30. The van der Waals surface area contributed by atoms with Crippen LogP contribution in [0.5, 0.6) is 0 Å². The van der Waals surface area contributed by atoms with Crippen molar-refractivity contribution >= 4 is 5.96 Å². The fourth-order valence-electron chi connectivity index (χ4n) is 1.84. The van der Waals surface area contributed by atoms with E-state index in [0.29, 0.717) is 12.4 Å². The smallest absolute Gasteiger partial charge is 0.226 e. The molecular weight excluding hydrogens is 264 g/mol. The maximum absolute atomic E-state index is 5.50. The summed E-state index contributed by atoms with van der Waals surface area (Å²) in [4.78, 5) is 8.96. The monoisotopic (exact) mass is 286 g/mol. The van der Waals surface area contributed by atoms with Gasteiger partial charge in [0.1, 0.15) is 12.0 Å². The van der Waals surface area contributed by atoms with Gasteiger partial charge in [-0.1, -0.05) is 25.1 Å². The Labute approximate surface area is 125 Å². The fourth-order valence-corrected chi connectivity index (χ4v) is 1.84. The highest BCUT2D eigenvalue weighted by Crippen LogP contribution is 2.18. The predicted octanol–water partition coefficient (Wildman–Crippen LogP) is 2.81. The molecule has 0 atom stereocenters. The third-order valence-electron chi connectivity index (χ3n) is 2.86. The predicted molar refractivity (Wildman–Crippen MR) is 85.0 cm³/mol. The molecule has 0 spiro atoms. The number of hydrogen-bond acceptors (Lipinski definition) is 3. The molecule has 0 aliphatic carbocycles. The molecule has 0 aliphatic rings. The molecule has 5 nitrogen and oxygen atoms in total. The zero-order valence-corrected chi connectivity index (χ0v) is 12.6. The Morgan fingerprint density at radius 2 is 2.00 bits per heavy atom. The normalized spacial score (nSPS) is 11.4. The van der Waals surface area contributed by atoms with Gasteiger partial charge in [-0.2, -0.15) is 0 Å². The summed E-state index contributed by atoms with van der Waals surface area (Å²) in [6.07, 6.45) is 2.72. The van der Waals surface area contributed by atoms with Crippen molar-refractivity contribution in [3.05, 3.63) is 42.3 Å². The van der Waals surface area contributed by atoms with E-state index in [4.69, 9.17) is 4.42 Å². The maximum atomic E-state index is 5.50. The topological polar surface area (TPSA) is 62.5 Å². The number of nitrogens with zero attached hydrogens (tertiary/aromatic N) is 2. The standard InChI is InChI=1S/C16H22N4O/c1-3-10-18-16(17-4-2)19-11-14-12-21-15(20-14)13-8-6-5-7-9-13/h5-9,12H,3-4,10-11H2,1-2H3,(H2,17,18,19). The highest BCUT2D eigenvalue weighted by molar-refractivity contribution is 5.79. The van der Waals surface area contributed by atoms with Crippen LogP contribution in [0.15, 0.2) is 46.0 Å². The molecule has 0 fully saturated rings. The number of guanidine groups is 1. The molecule has 21 heavy (non-hydrogen) atoms. The van der Waals surface area contributed by atoms with Gasteiger partial charge >= 0.3 is 0 Å². The minimum Gasteiger partial charge on any atom is -0.444 e. The van der Waals surface area contributed by atoms with E-state index in [0.717, 1.165) is 36.7 Å². The van der Waals surface area contributed by atoms with Crippen LogP contribution in [0.2, 0.25) is 0 Å². The van der Waals surface area contributed by atoms with E-state index < -0.39 is 0 Å². The van der Waals surface area contributed by atoms with Crippen molar-refractivity contribution in [1.82, 2.24) is 15.6 Å². The van der Waals surface area contributed by atoms with Crippen LogP contribution in [-0.4, -0.2) is 24.0 Å². The van der Waals surface area contributed by atoms with Crippen molar-refractivity contribution in [3.63, 3.8) is 0 Å². The number of aliphatic imine (C=N–C) groups is 1. The summed E-state index contributed by atoms with van der Waals surface area (Å²) >= 11 is 0. The van der Waals surface area contributed by atoms with Gasteiger partial charge in [0, 0.05) is 18.7 Å². The summed E-state index contributed by atoms with van der Waals surface area (Å²) in [5, 5.41) is 6.47. The molecule has 0 bridgehead atoms. The molecule has 0 aliphatic heterocycles. The molecule has 2 aromatic rings. The van der Waals surface area contributed by atoms with E-state index in [9.17, 15) is 0 Å². The van der Waals surface area contributed by atoms with Gasteiger partial charge in [0.15, 0.2) is 5.96 Å². The summed E-state index contributed by atoms with van der Waals surface area (Å²) in [6, 6.07) is 9.86. The maximum Gasteiger partial charge on any atom is 0.226 e. The molecule has 0 saturated carbocycles. The quantitative estimate of drug-likeness (QED) is 0.633. The van der Waals surface area contributed by atoms with Gasteiger partial charge < -0.3 is 15.1 Å². The van der Waals surface area contributed by atoms with Crippen LogP contribution in [0.25, 0.3) is 11.5 Å². The van der Waals surface area contributed by atoms with Gasteiger partial charge in [-0.25, -0.2) is 9.98 Å². The minimum absolute atomic E-state index is 0.495. The Bertz CT molecular complexity index is 563. The lowest BCUT2D eigenvalue weighted by Gasteiger charge is -2.09. The van der Waals surface area contributed by atoms with Crippen LogP contribution in [-0.2, 0) is 6.54 Å². The molecule has 0 amide bonds. The first-order valence-electron chi connectivity index (χ1n) is 7.35. The third-order valence-corrected chi connectivity index (χ3v) is 2.86. The van der Waals surface area contributed by atoms with Crippen molar-refractivity contribution in [3.8, 4) is 11.5 Å². The second kappa shape index (κ2) is 8.09. The number of aromatic nitrogens is 1. The Morgan fingerprint density at radius 3 is 2.71 bits per heavy atom. The van der Waals surface area contributed by atoms with Crippen molar-refractivity contribution in [2.45, 2.75) is 26.8 Å². The van der Waals surface area contributed by atoms with Crippen LogP contribution in [0.4, 0.5) is 0 Å². The number of nitrogens with one attached hydrogen (secondary N) is 2. The van der Waals surface area contributed by atoms with Gasteiger partial charge in [0.05, 0.1) is 6.54 Å². The van der Waals surface area contributed by atoms with Gasteiger partial charge in [0.25, 0.3) is 0 Å². The lowest BCUT2D eigenvalue weighted by molar-refractivity contribution is 0.572. The van der Waals surface area contributed by atoms with E-state index in [1.807, 2.05) is 37.3 Å². The van der Waals surface area contributed by atoms with Crippen molar-refractivity contribution in [2.24, 2.45) is 4.99 Å². The molecule has 1 heterocycles. The Kier molecular flexibility index (Phi) is 5.82. The summed E-state index contributed by atoms with van der Waals surface area (Å²) < 4.78 is 5.50. The van der Waals surface area contributed by atoms with Crippen LogP contribution in [0.1, 0.15) is 26.0 Å². The minimum atomic E-state index is 0.495. The third kappa shape index (κ3) is 4.63. The second-order valence-electron chi connectivity index (χ2n) is 4.63. The van der Waals surface area contributed by atoms with E-state index in [1.54, 1.807) is 6.26 Å². The van der Waals surface area contributed by atoms with Gasteiger partial charge in [-0.3, -0.25) is 0 Å². The summed E-state index contributed by atoms with van der Waals surface area (Å²) in [5.41, 5.74) is 1.80. The number of hydrogen-bond donors (Lipinski definition) is 2. The lowest BCUT2D eigenvalue weighted by atomic mass is 10.2. The largest absolute Gasteiger partial charge is 0.444 e. The van der Waals surface area contributed by atoms with Gasteiger partial charge in [-0.15, -0.1) is 0 Å². The highest BCUT2D eigenvalue weighted by atomic mass is 16.3. The fraction of sp³-hybridized carbons (Fsp3) is 0.375. The summed E-state index contributed by atoms with van der Waals surface area (Å²) in [5.74, 6) is 1.44. The molecule has 2 rings (SSSR count). The Balaban J connectivity index is 2.01. The number of benzene rings is 1. The zero-order valence-electron chi connectivity index (χ0n) is 12.6. The highest BCUT2D eigenvalue weighted by Gasteiger charge is 2.06. The average molecular weight is 286 g/mol. The molecule has 0 radical (unpaired) electrons.